The molecule has 19 nitrogen and oxygen atoms in total. The summed E-state index contributed by atoms with van der Waals surface area (Å²) >= 11 is 0. The first-order valence-electron chi connectivity index (χ1n) is 37.5. The van der Waals surface area contributed by atoms with Crippen LogP contribution in [0, 0.1) is 0 Å². The fourth-order valence-corrected chi connectivity index (χ4v) is 12.2. The second-order valence-electron chi connectivity index (χ2n) is 26.4. The van der Waals surface area contributed by atoms with E-state index in [2.05, 4.69) is 116 Å². The highest BCUT2D eigenvalue weighted by atomic mass is 16.8. The van der Waals surface area contributed by atoms with E-state index in [9.17, 15) is 61.0 Å². The Morgan fingerprint density at radius 1 is 0.385 bits per heavy atom. The number of amides is 1. The Hall–Kier alpha value is -3.29. The zero-order valence-electron chi connectivity index (χ0n) is 58.8. The molecule has 3 heterocycles. The van der Waals surface area contributed by atoms with Crippen molar-refractivity contribution in [1.29, 1.82) is 0 Å². The Bertz CT molecular complexity index is 2110. The van der Waals surface area contributed by atoms with Crippen LogP contribution in [0.1, 0.15) is 251 Å². The molecule has 96 heavy (non-hydrogen) atoms. The Balaban J connectivity index is 1.27. The molecule has 0 aromatic heterocycles. The van der Waals surface area contributed by atoms with Gasteiger partial charge in [0.1, 0.15) is 73.2 Å². The van der Waals surface area contributed by atoms with Crippen molar-refractivity contribution < 1.29 is 89.4 Å². The number of nitrogens with one attached hydrogen (secondary N) is 1. The molecule has 0 spiro atoms. The van der Waals surface area contributed by atoms with Crippen LogP contribution in [0.25, 0.3) is 0 Å². The minimum atomic E-state index is -1.97. The quantitative estimate of drug-likeness (QED) is 0.0199. The Morgan fingerprint density at radius 3 is 1.12 bits per heavy atom. The van der Waals surface area contributed by atoms with Gasteiger partial charge in [0.15, 0.2) is 18.9 Å². The third kappa shape index (κ3) is 37.9. The lowest BCUT2D eigenvalue weighted by molar-refractivity contribution is -0.379. The van der Waals surface area contributed by atoms with Gasteiger partial charge in [-0.05, 0) is 77.0 Å². The Morgan fingerprint density at radius 2 is 0.719 bits per heavy atom. The lowest BCUT2D eigenvalue weighted by Crippen LogP contribution is -2.66. The molecule has 12 N–H and O–H groups in total. The number of carbonyl (C=O) groups excluding carboxylic acids is 1. The standard InChI is InChI=1S/C77H133NO18/c1-3-5-7-9-11-13-15-16-17-18-19-20-21-22-23-24-25-26-27-28-29-30-31-32-33-34-35-36-37-38-39-40-41-42-43-44-45-47-49-51-53-55-65(83)78-60(61(82)54-52-50-48-46-14-12-10-8-6-4-2)59-91-75-71(89)68(86)73(63(57-80)93-75)96-77-72(90)69(87)74(64(58-81)94-77)95-76-70(88)67(85)66(84)62(56-79)92-76/h5,7,11,13,16-17,19-20,22-23,25-26,28-29,31-32,60-64,66-77,79-82,84-90H,3-4,6,8-10,12,14-15,18,21,24,27,30,33-59H2,1-2H3,(H,78,83)/b7-5-,13-11-,17-16-,20-19-,23-22-,26-25-,29-28-,32-31-. The van der Waals surface area contributed by atoms with E-state index in [1.165, 1.54) is 122 Å². The van der Waals surface area contributed by atoms with Crippen LogP contribution >= 0.6 is 0 Å². The molecule has 19 heteroatoms. The zero-order chi connectivity index (χ0) is 69.6. The number of allylic oxidation sites excluding steroid dienone is 16. The van der Waals surface area contributed by atoms with Crippen molar-refractivity contribution >= 4 is 5.91 Å². The molecule has 3 fully saturated rings. The zero-order valence-corrected chi connectivity index (χ0v) is 58.8. The van der Waals surface area contributed by atoms with E-state index < -0.39 is 124 Å². The molecular weight excluding hydrogens is 1230 g/mol. The average molecular weight is 1360 g/mol. The summed E-state index contributed by atoms with van der Waals surface area (Å²) in [6.45, 7) is 1.65. The van der Waals surface area contributed by atoms with Crippen molar-refractivity contribution in [3.05, 3.63) is 97.2 Å². The van der Waals surface area contributed by atoms with Crippen molar-refractivity contribution in [3.63, 3.8) is 0 Å². The second kappa shape index (κ2) is 57.3. The van der Waals surface area contributed by atoms with Crippen molar-refractivity contribution in [3.8, 4) is 0 Å². The van der Waals surface area contributed by atoms with Crippen LogP contribution in [-0.4, -0.2) is 193 Å². The normalized spacial score (nSPS) is 27.6. The highest BCUT2D eigenvalue weighted by Gasteiger charge is 2.53. The number of hydrogen-bond acceptors (Lipinski definition) is 18. The topological polar surface area (TPSA) is 307 Å². The summed E-state index contributed by atoms with van der Waals surface area (Å²) in [6.07, 6.45) is 49.6. The minimum absolute atomic E-state index is 0.246. The first kappa shape index (κ1) is 86.9. The molecule has 3 aliphatic heterocycles. The molecule has 17 unspecified atom stereocenters. The van der Waals surface area contributed by atoms with E-state index >= 15 is 0 Å². The SMILES string of the molecule is CC/C=C\C/C=C\C/C=C\C/C=C\C/C=C\C/C=C\C/C=C\C/C=C\CCCCCCCCCCCCCCCCCCC(=O)NC(COC1OC(CO)C(OC2OC(CO)C(OC3OC(CO)C(O)C(O)C3O)C(O)C2O)C(O)C1O)C(O)CCCCCCCCCCCC. The molecule has 0 aromatic rings. The molecule has 0 bridgehead atoms. The molecule has 3 saturated heterocycles. The Kier molecular flexibility index (Phi) is 51.9. The Labute approximate surface area is 577 Å². The minimum Gasteiger partial charge on any atom is -0.394 e. The molecule has 0 saturated carbocycles. The molecule has 0 aliphatic carbocycles. The molecule has 554 valence electrons. The molecule has 0 radical (unpaired) electrons. The van der Waals surface area contributed by atoms with Gasteiger partial charge in [0.25, 0.3) is 0 Å². The first-order chi connectivity index (χ1) is 46.8. The predicted octanol–water partition coefficient (Wildman–Crippen LogP) is 11.2. The number of rotatable bonds is 57. The summed E-state index contributed by atoms with van der Waals surface area (Å²) < 4.78 is 34.4. The van der Waals surface area contributed by atoms with Crippen LogP contribution in [-0.2, 0) is 33.2 Å². The van der Waals surface area contributed by atoms with Crippen molar-refractivity contribution in [2.24, 2.45) is 0 Å². The molecule has 3 rings (SSSR count). The van der Waals surface area contributed by atoms with E-state index in [1.54, 1.807) is 0 Å². The van der Waals surface area contributed by atoms with Gasteiger partial charge in [-0.2, -0.15) is 0 Å². The molecule has 0 aromatic carbocycles. The van der Waals surface area contributed by atoms with Crippen molar-refractivity contribution in [2.75, 3.05) is 26.4 Å². The second-order valence-corrected chi connectivity index (χ2v) is 26.4. The lowest BCUT2D eigenvalue weighted by atomic mass is 9.96. The van der Waals surface area contributed by atoms with E-state index in [4.69, 9.17) is 28.4 Å². The summed E-state index contributed by atoms with van der Waals surface area (Å²) in [5.41, 5.74) is 0. The highest BCUT2D eigenvalue weighted by molar-refractivity contribution is 5.76. The maximum absolute atomic E-state index is 13.4. The number of aliphatic hydroxyl groups excluding tert-OH is 11. The highest BCUT2D eigenvalue weighted by Crippen LogP contribution is 2.33. The van der Waals surface area contributed by atoms with Crippen LogP contribution in [0.4, 0.5) is 0 Å². The third-order valence-electron chi connectivity index (χ3n) is 18.2. The largest absolute Gasteiger partial charge is 0.394 e. The number of carbonyl (C=O) groups is 1. The van der Waals surface area contributed by atoms with Crippen LogP contribution < -0.4 is 5.32 Å². The monoisotopic (exact) mass is 1360 g/mol. The number of aliphatic hydroxyl groups is 11. The molecular formula is C77H133NO18. The summed E-state index contributed by atoms with van der Waals surface area (Å²) in [4.78, 5) is 13.4. The van der Waals surface area contributed by atoms with Gasteiger partial charge in [-0.1, -0.05) is 265 Å². The van der Waals surface area contributed by atoms with Gasteiger partial charge in [0.05, 0.1) is 38.6 Å². The van der Waals surface area contributed by atoms with Crippen LogP contribution in [0.3, 0.4) is 0 Å². The molecule has 1 amide bonds. The fourth-order valence-electron chi connectivity index (χ4n) is 12.2. The van der Waals surface area contributed by atoms with Gasteiger partial charge in [0.2, 0.25) is 5.91 Å². The van der Waals surface area contributed by atoms with Crippen LogP contribution in [0.15, 0.2) is 97.2 Å². The van der Waals surface area contributed by atoms with E-state index in [1.807, 2.05) is 0 Å². The van der Waals surface area contributed by atoms with Crippen LogP contribution in [0.2, 0.25) is 0 Å². The number of ether oxygens (including phenoxy) is 6. The fraction of sp³-hybridized carbons (Fsp3) is 0.779. The molecule has 17 atom stereocenters. The maximum Gasteiger partial charge on any atom is 0.220 e. The van der Waals surface area contributed by atoms with Gasteiger partial charge < -0.3 is 89.9 Å². The summed E-state index contributed by atoms with van der Waals surface area (Å²) in [6, 6.07) is -0.889. The van der Waals surface area contributed by atoms with Gasteiger partial charge in [0, 0.05) is 6.42 Å². The lowest BCUT2D eigenvalue weighted by Gasteiger charge is -2.48. The summed E-state index contributed by atoms with van der Waals surface area (Å²) in [5.74, 6) is -0.246. The van der Waals surface area contributed by atoms with Gasteiger partial charge in [-0.3, -0.25) is 4.79 Å². The van der Waals surface area contributed by atoms with Gasteiger partial charge in [-0.25, -0.2) is 0 Å². The summed E-state index contributed by atoms with van der Waals surface area (Å²) in [7, 11) is 0. The number of hydrogen-bond donors (Lipinski definition) is 12. The number of unbranched alkanes of at least 4 members (excludes halogenated alkanes) is 25. The van der Waals surface area contributed by atoms with Gasteiger partial charge >= 0.3 is 0 Å². The van der Waals surface area contributed by atoms with Crippen molar-refractivity contribution in [1.82, 2.24) is 5.32 Å². The van der Waals surface area contributed by atoms with Gasteiger partial charge in [-0.15, -0.1) is 0 Å². The predicted molar refractivity (Wildman–Crippen MR) is 378 cm³/mol. The van der Waals surface area contributed by atoms with E-state index in [0.717, 1.165) is 96.3 Å². The maximum atomic E-state index is 13.4. The summed E-state index contributed by atoms with van der Waals surface area (Å²) in [5, 5.41) is 120. The first-order valence-corrected chi connectivity index (χ1v) is 37.5. The average Bonchev–Trinajstić information content (AvgIpc) is 0.849. The van der Waals surface area contributed by atoms with Crippen molar-refractivity contribution in [2.45, 2.75) is 356 Å². The van der Waals surface area contributed by atoms with E-state index in [0.29, 0.717) is 12.8 Å². The smallest absolute Gasteiger partial charge is 0.220 e. The van der Waals surface area contributed by atoms with Crippen LogP contribution in [0.5, 0.6) is 0 Å². The molecule has 3 aliphatic rings. The van der Waals surface area contributed by atoms with E-state index in [-0.39, 0.29) is 18.9 Å². The third-order valence-corrected chi connectivity index (χ3v) is 18.2.